The summed E-state index contributed by atoms with van der Waals surface area (Å²) in [5, 5.41) is 8.80. The third-order valence-corrected chi connectivity index (χ3v) is 3.75. The molecule has 1 aromatic rings. The highest BCUT2D eigenvalue weighted by Gasteiger charge is 2.32. The molecule has 0 unspecified atom stereocenters. The van der Waals surface area contributed by atoms with Gasteiger partial charge in [-0.1, -0.05) is 0 Å². The highest BCUT2D eigenvalue weighted by molar-refractivity contribution is 7.90. The van der Waals surface area contributed by atoms with Gasteiger partial charge in [-0.2, -0.15) is 0 Å². The number of carboxylic acids is 1. The first-order valence-electron chi connectivity index (χ1n) is 4.51. The molecule has 0 atom stereocenters. The van der Waals surface area contributed by atoms with Crippen LogP contribution in [0.4, 0.5) is 10.5 Å². The molecule has 17 heavy (non-hydrogen) atoms. The number of hydrogen-bond donors (Lipinski definition) is 2. The second kappa shape index (κ2) is 3.45. The second-order valence-corrected chi connectivity index (χ2v) is 5.11. The van der Waals surface area contributed by atoms with Gasteiger partial charge in [0.2, 0.25) is 0 Å². The van der Waals surface area contributed by atoms with E-state index in [1.165, 1.54) is 13.1 Å². The molecule has 8 heteroatoms. The Hall–Kier alpha value is -2.09. The quantitative estimate of drug-likeness (QED) is 0.748. The number of amides is 2. The molecule has 0 bridgehead atoms. The predicted molar refractivity (Wildman–Crippen MR) is 57.5 cm³/mol. The van der Waals surface area contributed by atoms with Crippen LogP contribution < -0.4 is 9.62 Å². The maximum absolute atomic E-state index is 11.6. The average Bonchev–Trinajstić information content (AvgIpc) is 2.25. The normalized spacial score (nSPS) is 17.2. The standard InChI is InChI=1S/C9H8N2O5S/c1-11-6-4-5(8(12)13)2-3-7(6)17(15,16)10-9(11)14/h2-4H,1H3,(H,10,14)(H,12,13). The highest BCUT2D eigenvalue weighted by atomic mass is 32.2. The van der Waals surface area contributed by atoms with Gasteiger partial charge in [0.25, 0.3) is 10.0 Å². The fourth-order valence-electron chi connectivity index (χ4n) is 1.49. The lowest BCUT2D eigenvalue weighted by Gasteiger charge is -2.26. The predicted octanol–water partition coefficient (Wildman–Crippen LogP) is 0.233. The molecule has 2 rings (SSSR count). The lowest BCUT2D eigenvalue weighted by molar-refractivity contribution is 0.0696. The minimum absolute atomic E-state index is 0.0497. The van der Waals surface area contributed by atoms with Gasteiger partial charge in [-0.15, -0.1) is 0 Å². The van der Waals surface area contributed by atoms with Crippen molar-refractivity contribution in [3.8, 4) is 0 Å². The molecule has 0 spiro atoms. The number of nitrogens with zero attached hydrogens (tertiary/aromatic N) is 1. The smallest absolute Gasteiger partial charge is 0.335 e. The van der Waals surface area contributed by atoms with Gasteiger partial charge in [0, 0.05) is 7.05 Å². The van der Waals surface area contributed by atoms with E-state index in [0.29, 0.717) is 0 Å². The molecule has 2 N–H and O–H groups in total. The van der Waals surface area contributed by atoms with Crippen molar-refractivity contribution >= 4 is 27.7 Å². The molecule has 0 radical (unpaired) electrons. The van der Waals surface area contributed by atoms with Gasteiger partial charge in [-0.05, 0) is 18.2 Å². The molecule has 1 aliphatic heterocycles. The summed E-state index contributed by atoms with van der Waals surface area (Å²) in [5.74, 6) is -1.19. The van der Waals surface area contributed by atoms with E-state index in [-0.39, 0.29) is 16.1 Å². The Morgan fingerprint density at radius 3 is 2.65 bits per heavy atom. The number of rotatable bonds is 1. The molecular formula is C9H8N2O5S. The first-order valence-corrected chi connectivity index (χ1v) is 5.99. The first-order chi connectivity index (χ1) is 7.83. The Bertz CT molecular complexity index is 622. The topological polar surface area (TPSA) is 104 Å². The molecule has 7 nitrogen and oxygen atoms in total. The van der Waals surface area contributed by atoms with Crippen LogP contribution in [0.1, 0.15) is 10.4 Å². The van der Waals surface area contributed by atoms with Crippen LogP contribution in [0.3, 0.4) is 0 Å². The summed E-state index contributed by atoms with van der Waals surface area (Å²) in [6.07, 6.45) is 0. The number of anilines is 1. The largest absolute Gasteiger partial charge is 0.478 e. The highest BCUT2D eigenvalue weighted by Crippen LogP contribution is 2.29. The molecule has 0 aliphatic carbocycles. The number of carboxylic acid groups (broad SMARTS) is 1. The monoisotopic (exact) mass is 256 g/mol. The van der Waals surface area contributed by atoms with E-state index < -0.39 is 22.0 Å². The molecule has 1 aromatic carbocycles. The lowest BCUT2D eigenvalue weighted by atomic mass is 10.2. The fraction of sp³-hybridized carbons (Fsp3) is 0.111. The van der Waals surface area contributed by atoms with Gasteiger partial charge >= 0.3 is 12.0 Å². The van der Waals surface area contributed by atoms with Crippen LogP contribution in [0, 0.1) is 0 Å². The zero-order chi connectivity index (χ0) is 12.8. The fourth-order valence-corrected chi connectivity index (χ4v) is 2.68. The van der Waals surface area contributed by atoms with Crippen molar-refractivity contribution in [2.75, 3.05) is 11.9 Å². The minimum Gasteiger partial charge on any atom is -0.478 e. The van der Waals surface area contributed by atoms with Crippen LogP contribution in [0.15, 0.2) is 23.1 Å². The Morgan fingerprint density at radius 2 is 2.06 bits per heavy atom. The number of aromatic carboxylic acids is 1. The van der Waals surface area contributed by atoms with E-state index in [4.69, 9.17) is 5.11 Å². The van der Waals surface area contributed by atoms with Crippen molar-refractivity contribution in [2.45, 2.75) is 4.90 Å². The zero-order valence-electron chi connectivity index (χ0n) is 8.67. The van der Waals surface area contributed by atoms with Crippen molar-refractivity contribution in [3.05, 3.63) is 23.8 Å². The zero-order valence-corrected chi connectivity index (χ0v) is 9.48. The SMILES string of the molecule is CN1C(=O)NS(=O)(=O)c2ccc(C(=O)O)cc21. The van der Waals surface area contributed by atoms with Crippen LogP contribution in [0.5, 0.6) is 0 Å². The number of hydrogen-bond acceptors (Lipinski definition) is 4. The molecule has 0 saturated carbocycles. The lowest BCUT2D eigenvalue weighted by Crippen LogP contribution is -2.45. The van der Waals surface area contributed by atoms with Gasteiger partial charge in [0.05, 0.1) is 11.3 Å². The van der Waals surface area contributed by atoms with E-state index in [9.17, 15) is 18.0 Å². The van der Waals surface area contributed by atoms with Gasteiger partial charge in [0.1, 0.15) is 4.90 Å². The maximum atomic E-state index is 11.6. The average molecular weight is 256 g/mol. The Morgan fingerprint density at radius 1 is 1.41 bits per heavy atom. The van der Waals surface area contributed by atoms with Gasteiger partial charge in [0.15, 0.2) is 0 Å². The molecule has 0 fully saturated rings. The molecule has 2 amide bonds. The van der Waals surface area contributed by atoms with E-state index >= 15 is 0 Å². The molecule has 90 valence electrons. The number of nitrogens with one attached hydrogen (secondary N) is 1. The Balaban J connectivity index is 2.71. The van der Waals surface area contributed by atoms with Crippen LogP contribution in [0.25, 0.3) is 0 Å². The van der Waals surface area contributed by atoms with Crippen LogP contribution in [-0.4, -0.2) is 32.6 Å². The minimum atomic E-state index is -3.90. The molecular weight excluding hydrogens is 248 g/mol. The molecule has 0 aromatic heterocycles. The molecule has 1 aliphatic rings. The van der Waals surface area contributed by atoms with Crippen molar-refractivity contribution in [1.82, 2.24) is 4.72 Å². The number of fused-ring (bicyclic) bond motifs is 1. The van der Waals surface area contributed by atoms with Crippen LogP contribution in [-0.2, 0) is 10.0 Å². The third-order valence-electron chi connectivity index (χ3n) is 2.38. The van der Waals surface area contributed by atoms with E-state index in [1.807, 2.05) is 4.72 Å². The number of carbonyl (C=O) groups excluding carboxylic acids is 1. The summed E-state index contributed by atoms with van der Waals surface area (Å²) in [7, 11) is -2.55. The van der Waals surface area contributed by atoms with Crippen molar-refractivity contribution < 1.29 is 23.1 Å². The summed E-state index contributed by atoms with van der Waals surface area (Å²) in [6, 6.07) is 2.65. The van der Waals surface area contributed by atoms with E-state index in [1.54, 1.807) is 0 Å². The number of benzene rings is 1. The van der Waals surface area contributed by atoms with Gasteiger partial charge < -0.3 is 5.11 Å². The van der Waals surface area contributed by atoms with Crippen molar-refractivity contribution in [1.29, 1.82) is 0 Å². The summed E-state index contributed by atoms with van der Waals surface area (Å²) < 4.78 is 25.0. The summed E-state index contributed by atoms with van der Waals surface area (Å²) in [4.78, 5) is 23.0. The first kappa shape index (κ1) is 11.4. The molecule has 1 heterocycles. The number of carbonyl (C=O) groups is 2. The second-order valence-electron chi connectivity index (χ2n) is 3.46. The number of urea groups is 1. The van der Waals surface area contributed by atoms with Gasteiger partial charge in [-0.3, -0.25) is 4.90 Å². The van der Waals surface area contributed by atoms with Crippen molar-refractivity contribution in [3.63, 3.8) is 0 Å². The van der Waals surface area contributed by atoms with Gasteiger partial charge in [-0.25, -0.2) is 22.7 Å². The maximum Gasteiger partial charge on any atom is 0.335 e. The van der Waals surface area contributed by atoms with E-state index in [2.05, 4.69) is 0 Å². The number of sulfonamides is 1. The Kier molecular flexibility index (Phi) is 2.32. The van der Waals surface area contributed by atoms with Crippen molar-refractivity contribution in [2.24, 2.45) is 0 Å². The summed E-state index contributed by atoms with van der Waals surface area (Å²) in [6.45, 7) is 0. The third kappa shape index (κ3) is 1.72. The summed E-state index contributed by atoms with van der Waals surface area (Å²) >= 11 is 0. The Labute approximate surface area is 96.7 Å². The summed E-state index contributed by atoms with van der Waals surface area (Å²) in [5.41, 5.74) is -0.0332. The molecule has 0 saturated heterocycles. The van der Waals surface area contributed by atoms with Crippen LogP contribution >= 0.6 is 0 Å². The van der Waals surface area contributed by atoms with E-state index in [0.717, 1.165) is 17.0 Å². The van der Waals surface area contributed by atoms with Crippen LogP contribution in [0.2, 0.25) is 0 Å².